The largest absolute Gasteiger partial charge is 0.465 e. The van der Waals surface area contributed by atoms with E-state index in [1.807, 2.05) is 60.5 Å². The lowest BCUT2D eigenvalue weighted by atomic mass is 9.92. The number of carbonyl (C=O) groups excluding carboxylic acids is 4. The molecule has 61 heavy (non-hydrogen) atoms. The summed E-state index contributed by atoms with van der Waals surface area (Å²) in [5, 5.41) is 3.80. The van der Waals surface area contributed by atoms with Crippen LogP contribution in [0.3, 0.4) is 0 Å². The quantitative estimate of drug-likeness (QED) is 0.0631. The Morgan fingerprint density at radius 2 is 1.82 bits per heavy atom. The lowest BCUT2D eigenvalue weighted by Crippen LogP contribution is -2.57. The van der Waals surface area contributed by atoms with E-state index in [9.17, 15) is 23.7 Å². The van der Waals surface area contributed by atoms with Crippen molar-refractivity contribution in [1.82, 2.24) is 24.9 Å². The first-order valence-electron chi connectivity index (χ1n) is 21.0. The second-order valence-electron chi connectivity index (χ2n) is 15.9. The van der Waals surface area contributed by atoms with Crippen molar-refractivity contribution in [2.45, 2.75) is 82.1 Å². The first-order chi connectivity index (χ1) is 29.7. The molecule has 8 rings (SSSR count). The molecule has 2 unspecified atom stereocenters. The molecule has 0 aliphatic carbocycles. The zero-order chi connectivity index (χ0) is 42.3. The summed E-state index contributed by atoms with van der Waals surface area (Å²) in [6.45, 7) is 3.35. The summed E-state index contributed by atoms with van der Waals surface area (Å²) < 4.78 is 27.3. The number of esters is 1. The number of ether oxygens (including phenoxy) is 1. The minimum Gasteiger partial charge on any atom is -0.465 e. The van der Waals surface area contributed by atoms with Crippen LogP contribution >= 0.6 is 18.9 Å². The number of pyridine rings is 2. The number of nitrogens with zero attached hydrogens (tertiary/aromatic N) is 5. The van der Waals surface area contributed by atoms with Gasteiger partial charge in [-0.25, -0.2) is 10.1 Å². The van der Waals surface area contributed by atoms with Crippen molar-refractivity contribution in [2.24, 2.45) is 10.9 Å². The third-order valence-corrected chi connectivity index (χ3v) is 14.6. The van der Waals surface area contributed by atoms with Crippen LogP contribution < -0.4 is 9.61 Å². The van der Waals surface area contributed by atoms with Crippen LogP contribution in [0.1, 0.15) is 77.9 Å². The predicted octanol–water partition coefficient (Wildman–Crippen LogP) is 7.61. The predicted molar refractivity (Wildman–Crippen MR) is 234 cm³/mol. The average Bonchev–Trinajstić information content (AvgIpc) is 3.84. The molecule has 316 valence electrons. The van der Waals surface area contributed by atoms with Crippen LogP contribution in [-0.4, -0.2) is 87.5 Å². The van der Waals surface area contributed by atoms with Gasteiger partial charge >= 0.3 is 13.5 Å². The summed E-state index contributed by atoms with van der Waals surface area (Å²) in [6, 6.07) is 23.9. The lowest BCUT2D eigenvalue weighted by Gasteiger charge is -2.42. The van der Waals surface area contributed by atoms with Gasteiger partial charge in [0.1, 0.15) is 17.8 Å². The second kappa shape index (κ2) is 19.0. The van der Waals surface area contributed by atoms with E-state index in [1.165, 1.54) is 17.6 Å². The van der Waals surface area contributed by atoms with E-state index in [0.29, 0.717) is 54.2 Å². The molecule has 2 aromatic carbocycles. The summed E-state index contributed by atoms with van der Waals surface area (Å²) in [5.41, 5.74) is 2.40. The number of fused-ring (bicyclic) bond motifs is 2. The number of thiophene rings is 1. The van der Waals surface area contributed by atoms with Crippen molar-refractivity contribution in [3.8, 4) is 5.75 Å². The Kier molecular flexibility index (Phi) is 13.1. The fourth-order valence-electron chi connectivity index (χ4n) is 8.43. The summed E-state index contributed by atoms with van der Waals surface area (Å²) >= 11 is 1.28. The van der Waals surface area contributed by atoms with Crippen LogP contribution in [0.25, 0.3) is 10.1 Å². The topological polar surface area (TPSA) is 160 Å². The molecule has 0 saturated carbocycles. The summed E-state index contributed by atoms with van der Waals surface area (Å²) in [7, 11) is -3.83. The Morgan fingerprint density at radius 1 is 0.984 bits per heavy atom. The molecule has 15 heteroatoms. The Bertz CT molecular complexity index is 2430. The van der Waals surface area contributed by atoms with Crippen LogP contribution in [0.15, 0.2) is 109 Å². The normalized spacial score (nSPS) is 20.7. The molecule has 5 aromatic rings. The molecule has 3 aliphatic rings. The molecule has 3 aromatic heterocycles. The molecule has 6 heterocycles. The Balaban J connectivity index is 0.957. The van der Waals surface area contributed by atoms with E-state index < -0.39 is 37.4 Å². The second-order valence-corrected chi connectivity index (χ2v) is 19.1. The van der Waals surface area contributed by atoms with Crippen molar-refractivity contribution in [1.29, 1.82) is 0 Å². The molecule has 0 bridgehead atoms. The summed E-state index contributed by atoms with van der Waals surface area (Å²) in [4.78, 5) is 71.5. The number of aliphatic imine (C=N–C) groups is 1. The van der Waals surface area contributed by atoms with Gasteiger partial charge in [-0.3, -0.25) is 33.7 Å². The molecule has 3 fully saturated rings. The monoisotopic (exact) mass is 860 g/mol. The van der Waals surface area contributed by atoms with Crippen LogP contribution in [0, 0.1) is 5.92 Å². The van der Waals surface area contributed by atoms with Gasteiger partial charge in [0.25, 0.3) is 5.91 Å². The maximum Gasteiger partial charge on any atom is 0.324 e. The highest BCUT2D eigenvalue weighted by molar-refractivity contribution is 7.56. The molecular weight excluding hydrogens is 812 g/mol. The van der Waals surface area contributed by atoms with Crippen molar-refractivity contribution >= 4 is 58.8 Å². The van der Waals surface area contributed by atoms with Gasteiger partial charge in [0.15, 0.2) is 0 Å². The van der Waals surface area contributed by atoms with Crippen molar-refractivity contribution in [3.63, 3.8) is 0 Å². The van der Waals surface area contributed by atoms with Gasteiger partial charge in [0, 0.05) is 66.7 Å². The number of benzene rings is 2. The van der Waals surface area contributed by atoms with Gasteiger partial charge in [-0.05, 0) is 97.1 Å². The Hall–Kier alpha value is -5.56. The molecule has 3 saturated heterocycles. The highest BCUT2D eigenvalue weighted by atomic mass is 32.1. The SMILES string of the molecule is CCCOC(=O)[C@H](Cc1ccccn1)NP(=O)(Cc1ccc2sc(C(=O)N=CC3CCC[C@H]4CC[C@@H](C(=O)N5CC(c6cccnc6)C5)N4C3=O)cc2c1)Oc1ccccc1. The molecule has 13 nitrogen and oxygen atoms in total. The van der Waals surface area contributed by atoms with Gasteiger partial charge in [-0.2, -0.15) is 0 Å². The van der Waals surface area contributed by atoms with Gasteiger partial charge in [0.2, 0.25) is 11.8 Å². The molecule has 0 radical (unpaired) electrons. The number of rotatable bonds is 15. The third kappa shape index (κ3) is 9.99. The van der Waals surface area contributed by atoms with Gasteiger partial charge < -0.3 is 19.1 Å². The smallest absolute Gasteiger partial charge is 0.324 e. The molecular formula is C46H49N6O7PS. The minimum absolute atomic E-state index is 0.00738. The number of hydrogen-bond acceptors (Lipinski definition) is 10. The van der Waals surface area contributed by atoms with Gasteiger partial charge in [-0.15, -0.1) is 11.3 Å². The fraction of sp³-hybridized carbons (Fsp3) is 0.370. The highest BCUT2D eigenvalue weighted by Gasteiger charge is 2.47. The maximum atomic E-state index is 14.8. The number of nitrogens with one attached hydrogen (secondary N) is 1. The molecule has 5 atom stereocenters. The third-order valence-electron chi connectivity index (χ3n) is 11.5. The van der Waals surface area contributed by atoms with E-state index >= 15 is 0 Å². The fourth-order valence-corrected chi connectivity index (χ4v) is 11.4. The number of amides is 3. The summed E-state index contributed by atoms with van der Waals surface area (Å²) in [6.07, 6.45) is 11.0. The molecule has 3 aliphatic heterocycles. The minimum atomic E-state index is -3.83. The van der Waals surface area contributed by atoms with Crippen molar-refractivity contribution < 1.29 is 33.0 Å². The lowest BCUT2D eigenvalue weighted by molar-refractivity contribution is -0.148. The van der Waals surface area contributed by atoms with Crippen molar-refractivity contribution in [3.05, 3.63) is 125 Å². The van der Waals surface area contributed by atoms with Crippen LogP contribution in [0.4, 0.5) is 0 Å². The van der Waals surface area contributed by atoms with Gasteiger partial charge in [0.05, 0.1) is 23.6 Å². The highest BCUT2D eigenvalue weighted by Crippen LogP contribution is 2.48. The first-order valence-corrected chi connectivity index (χ1v) is 23.6. The standard InChI is InChI=1S/C46H49N6O7PS/c1-2-22-58-46(56)39(25-36-12-6-7-21-48-36)50-60(57,59-38-14-4-3-5-15-38)30-31-16-19-41-34(23-31)24-42(61-41)43(53)49-27-33-10-8-13-37-17-18-40(52(37)44(33)54)45(55)51-28-35(29-51)32-11-9-20-47-26-32/h3-7,9,11-12,14-16,19-21,23-24,26-27,33,35,37,39-40H,2,8,10,13,17-18,22,25,28-30H2,1H3,(H,50,57)/t33?,37-,39-,40-,60?/m0/s1. The maximum absolute atomic E-state index is 14.8. The van der Waals surface area contributed by atoms with Gasteiger partial charge in [-0.1, -0.05) is 49.7 Å². The van der Waals surface area contributed by atoms with Crippen LogP contribution in [0.5, 0.6) is 5.75 Å². The van der Waals surface area contributed by atoms with Crippen LogP contribution in [-0.2, 0) is 36.3 Å². The zero-order valence-electron chi connectivity index (χ0n) is 34.0. The number of para-hydroxylation sites is 1. The molecule has 3 amide bonds. The number of aromatic nitrogens is 2. The number of likely N-dealkylation sites (tertiary alicyclic amines) is 1. The Morgan fingerprint density at radius 3 is 2.59 bits per heavy atom. The van der Waals surface area contributed by atoms with E-state index in [2.05, 4.69) is 20.0 Å². The zero-order valence-corrected chi connectivity index (χ0v) is 35.7. The van der Waals surface area contributed by atoms with E-state index in [0.717, 1.165) is 34.9 Å². The van der Waals surface area contributed by atoms with Crippen LogP contribution in [0.2, 0.25) is 0 Å². The van der Waals surface area contributed by atoms with Crippen molar-refractivity contribution in [2.75, 3.05) is 19.7 Å². The summed E-state index contributed by atoms with van der Waals surface area (Å²) in [5.74, 6) is -1.15. The number of carbonyl (C=O) groups is 4. The number of hydrogen-bond donors (Lipinski definition) is 1. The molecule has 0 spiro atoms. The van der Waals surface area contributed by atoms with E-state index in [-0.39, 0.29) is 43.0 Å². The first kappa shape index (κ1) is 42.1. The Labute approximate surface area is 359 Å². The molecule has 1 N–H and O–H groups in total. The van der Waals surface area contributed by atoms with E-state index in [4.69, 9.17) is 9.26 Å². The van der Waals surface area contributed by atoms with E-state index in [1.54, 1.807) is 59.8 Å². The average molecular weight is 861 g/mol.